The number of rotatable bonds is 4. The molecule has 2 aromatic carbocycles. The van der Waals surface area contributed by atoms with Gasteiger partial charge in [0.1, 0.15) is 0 Å². The zero-order valence-electron chi connectivity index (χ0n) is 11.4. The first-order valence-electron chi connectivity index (χ1n) is 6.37. The van der Waals surface area contributed by atoms with Crippen LogP contribution in [-0.2, 0) is 0 Å². The molecule has 0 unspecified atom stereocenters. The van der Waals surface area contributed by atoms with E-state index < -0.39 is 4.92 Å². The summed E-state index contributed by atoms with van der Waals surface area (Å²) in [5.41, 5.74) is 2.88. The Morgan fingerprint density at radius 2 is 1.80 bits per heavy atom. The van der Waals surface area contributed by atoms with Gasteiger partial charge in [-0.2, -0.15) is 0 Å². The lowest BCUT2D eigenvalue weighted by atomic mass is 9.96. The van der Waals surface area contributed by atoms with Gasteiger partial charge in [-0.25, -0.2) is 0 Å². The third-order valence-corrected chi connectivity index (χ3v) is 3.24. The standard InChI is InChI=1S/C16H15NO3/c1-11(2)12-4-3-5-13(8-12)14-6-7-16(17(19)20)15(9-14)10-18/h3-11H,1-2H3. The number of carbonyl (C=O) groups is 1. The Morgan fingerprint density at radius 3 is 2.40 bits per heavy atom. The quantitative estimate of drug-likeness (QED) is 0.475. The second-order valence-corrected chi connectivity index (χ2v) is 4.93. The summed E-state index contributed by atoms with van der Waals surface area (Å²) in [5, 5.41) is 10.8. The summed E-state index contributed by atoms with van der Waals surface area (Å²) >= 11 is 0. The summed E-state index contributed by atoms with van der Waals surface area (Å²) in [7, 11) is 0. The number of carbonyl (C=O) groups excluding carboxylic acids is 1. The van der Waals surface area contributed by atoms with E-state index in [4.69, 9.17) is 0 Å². The van der Waals surface area contributed by atoms with Crippen LogP contribution in [-0.4, -0.2) is 11.2 Å². The number of benzene rings is 2. The molecule has 0 aliphatic heterocycles. The lowest BCUT2D eigenvalue weighted by Crippen LogP contribution is -1.95. The lowest BCUT2D eigenvalue weighted by molar-refractivity contribution is -0.385. The molecule has 102 valence electrons. The molecule has 0 aromatic heterocycles. The van der Waals surface area contributed by atoms with E-state index in [9.17, 15) is 14.9 Å². The van der Waals surface area contributed by atoms with Crippen molar-refractivity contribution in [3.63, 3.8) is 0 Å². The number of nitrogens with zero attached hydrogens (tertiary/aromatic N) is 1. The molecule has 0 fully saturated rings. The average Bonchev–Trinajstić information content (AvgIpc) is 2.46. The van der Waals surface area contributed by atoms with Crippen LogP contribution in [0.2, 0.25) is 0 Å². The Labute approximate surface area is 117 Å². The minimum Gasteiger partial charge on any atom is -0.298 e. The fourth-order valence-electron chi connectivity index (χ4n) is 2.07. The largest absolute Gasteiger partial charge is 0.298 e. The molecule has 0 bridgehead atoms. The zero-order valence-corrected chi connectivity index (χ0v) is 11.4. The van der Waals surface area contributed by atoms with Crippen LogP contribution in [0.1, 0.15) is 35.7 Å². The summed E-state index contributed by atoms with van der Waals surface area (Å²) in [6.45, 7) is 4.21. The maximum atomic E-state index is 11.0. The minimum absolute atomic E-state index is 0.0995. The number of hydrogen-bond donors (Lipinski definition) is 0. The molecule has 4 heteroatoms. The first-order valence-corrected chi connectivity index (χ1v) is 6.37. The van der Waals surface area contributed by atoms with E-state index in [1.807, 2.05) is 24.3 Å². The Morgan fingerprint density at radius 1 is 1.10 bits per heavy atom. The fourth-order valence-corrected chi connectivity index (χ4v) is 2.07. The van der Waals surface area contributed by atoms with Crippen LogP contribution >= 0.6 is 0 Å². The molecule has 0 aliphatic rings. The SMILES string of the molecule is CC(C)c1cccc(-c2ccc([N+](=O)[O-])c(C=O)c2)c1. The number of nitro benzene ring substituents is 1. The maximum absolute atomic E-state index is 11.0. The molecule has 0 heterocycles. The molecule has 2 aromatic rings. The number of aldehydes is 1. The van der Waals surface area contributed by atoms with Crippen molar-refractivity contribution in [3.8, 4) is 11.1 Å². The van der Waals surface area contributed by atoms with Gasteiger partial charge in [0.25, 0.3) is 5.69 Å². The normalized spacial score (nSPS) is 10.6. The van der Waals surface area contributed by atoms with E-state index in [2.05, 4.69) is 13.8 Å². The van der Waals surface area contributed by atoms with Gasteiger partial charge in [0, 0.05) is 6.07 Å². The highest BCUT2D eigenvalue weighted by Crippen LogP contribution is 2.27. The predicted molar refractivity (Wildman–Crippen MR) is 78.0 cm³/mol. The molecule has 0 saturated carbocycles. The van der Waals surface area contributed by atoms with Crippen molar-refractivity contribution in [2.24, 2.45) is 0 Å². The van der Waals surface area contributed by atoms with Crippen molar-refractivity contribution in [1.29, 1.82) is 0 Å². The van der Waals surface area contributed by atoms with Gasteiger partial charge in [0.05, 0.1) is 10.5 Å². The smallest absolute Gasteiger partial charge is 0.279 e. The van der Waals surface area contributed by atoms with Crippen molar-refractivity contribution in [1.82, 2.24) is 0 Å². The highest BCUT2D eigenvalue weighted by Gasteiger charge is 2.14. The Hall–Kier alpha value is -2.49. The van der Waals surface area contributed by atoms with Crippen molar-refractivity contribution in [2.45, 2.75) is 19.8 Å². The monoisotopic (exact) mass is 269 g/mol. The summed E-state index contributed by atoms with van der Waals surface area (Å²) in [6.07, 6.45) is 0.522. The van der Waals surface area contributed by atoms with Crippen molar-refractivity contribution in [3.05, 3.63) is 63.7 Å². The average molecular weight is 269 g/mol. The van der Waals surface area contributed by atoms with Crippen molar-refractivity contribution < 1.29 is 9.72 Å². The number of hydrogen-bond acceptors (Lipinski definition) is 3. The van der Waals surface area contributed by atoms with Gasteiger partial charge in [-0.05, 0) is 34.7 Å². The molecule has 2 rings (SSSR count). The molecule has 0 aliphatic carbocycles. The molecule has 0 amide bonds. The molecular weight excluding hydrogens is 254 g/mol. The molecule has 4 nitrogen and oxygen atoms in total. The van der Waals surface area contributed by atoms with E-state index in [0.29, 0.717) is 12.2 Å². The van der Waals surface area contributed by atoms with E-state index in [0.717, 1.165) is 11.1 Å². The zero-order chi connectivity index (χ0) is 14.7. The van der Waals surface area contributed by atoms with E-state index in [1.165, 1.54) is 11.6 Å². The summed E-state index contributed by atoms with van der Waals surface area (Å²) in [4.78, 5) is 21.3. The van der Waals surface area contributed by atoms with Crippen molar-refractivity contribution in [2.75, 3.05) is 0 Å². The van der Waals surface area contributed by atoms with Gasteiger partial charge >= 0.3 is 0 Å². The van der Waals surface area contributed by atoms with E-state index >= 15 is 0 Å². The van der Waals surface area contributed by atoms with Gasteiger partial charge < -0.3 is 0 Å². The Bertz CT molecular complexity index is 663. The molecule has 20 heavy (non-hydrogen) atoms. The van der Waals surface area contributed by atoms with E-state index in [1.54, 1.807) is 12.1 Å². The minimum atomic E-state index is -0.544. The van der Waals surface area contributed by atoms with Crippen LogP contribution in [0.25, 0.3) is 11.1 Å². The third kappa shape index (κ3) is 2.74. The molecular formula is C16H15NO3. The summed E-state index contributed by atoms with van der Waals surface area (Å²) in [6, 6.07) is 12.6. The van der Waals surface area contributed by atoms with Gasteiger partial charge in [-0.3, -0.25) is 14.9 Å². The maximum Gasteiger partial charge on any atom is 0.279 e. The molecule has 0 N–H and O–H groups in total. The molecule has 0 atom stereocenters. The summed E-state index contributed by atoms with van der Waals surface area (Å²) < 4.78 is 0. The van der Waals surface area contributed by atoms with Crippen LogP contribution in [0.15, 0.2) is 42.5 Å². The van der Waals surface area contributed by atoms with Crippen LogP contribution in [0.3, 0.4) is 0 Å². The highest BCUT2D eigenvalue weighted by molar-refractivity contribution is 5.84. The third-order valence-electron chi connectivity index (χ3n) is 3.24. The molecule has 0 spiro atoms. The van der Waals surface area contributed by atoms with Crippen LogP contribution in [0, 0.1) is 10.1 Å². The summed E-state index contributed by atoms with van der Waals surface area (Å²) in [5.74, 6) is 0.401. The van der Waals surface area contributed by atoms with Gasteiger partial charge in [-0.1, -0.05) is 38.1 Å². The Balaban J connectivity index is 2.51. The fraction of sp³-hybridized carbons (Fsp3) is 0.188. The van der Waals surface area contributed by atoms with Crippen LogP contribution < -0.4 is 0 Å². The molecule has 0 radical (unpaired) electrons. The first-order chi connectivity index (χ1) is 9.52. The van der Waals surface area contributed by atoms with Crippen molar-refractivity contribution >= 4 is 12.0 Å². The van der Waals surface area contributed by atoms with E-state index in [-0.39, 0.29) is 11.3 Å². The second kappa shape index (κ2) is 5.65. The van der Waals surface area contributed by atoms with Crippen LogP contribution in [0.4, 0.5) is 5.69 Å². The van der Waals surface area contributed by atoms with Crippen LogP contribution in [0.5, 0.6) is 0 Å². The van der Waals surface area contributed by atoms with Gasteiger partial charge in [-0.15, -0.1) is 0 Å². The predicted octanol–water partition coefficient (Wildman–Crippen LogP) is 4.20. The topological polar surface area (TPSA) is 60.2 Å². The Kier molecular flexibility index (Phi) is 3.94. The lowest BCUT2D eigenvalue weighted by Gasteiger charge is -2.08. The molecule has 0 saturated heterocycles. The van der Waals surface area contributed by atoms with Gasteiger partial charge in [0.2, 0.25) is 0 Å². The first kappa shape index (κ1) is 13.9. The number of nitro groups is 1. The second-order valence-electron chi connectivity index (χ2n) is 4.93. The highest BCUT2D eigenvalue weighted by atomic mass is 16.6. The van der Waals surface area contributed by atoms with Gasteiger partial charge in [0.15, 0.2) is 6.29 Å².